The number of esters is 1. The summed E-state index contributed by atoms with van der Waals surface area (Å²) in [5, 5.41) is 0. The van der Waals surface area contributed by atoms with Crippen LogP contribution in [0.1, 0.15) is 15.9 Å². The number of ether oxygens (including phenoxy) is 1. The van der Waals surface area contributed by atoms with Crippen molar-refractivity contribution in [1.82, 2.24) is 0 Å². The molecule has 2 N–H and O–H groups in total. The molecule has 1 heterocycles. The van der Waals surface area contributed by atoms with Crippen LogP contribution in [-0.4, -0.2) is 33.4 Å². The fraction of sp³-hybridized carbons (Fsp3) is 0.176. The Morgan fingerprint density at radius 3 is 2.64 bits per heavy atom. The fourth-order valence-electron chi connectivity index (χ4n) is 2.69. The van der Waals surface area contributed by atoms with E-state index in [1.807, 2.05) is 12.1 Å². The number of hydrogen-bond acceptors (Lipinski definition) is 5. The second kappa shape index (κ2) is 6.56. The van der Waals surface area contributed by atoms with Gasteiger partial charge in [-0.3, -0.25) is 9.10 Å². The highest BCUT2D eigenvalue weighted by molar-refractivity contribution is 7.92. The van der Waals surface area contributed by atoms with Gasteiger partial charge >= 0.3 is 5.97 Å². The van der Waals surface area contributed by atoms with Crippen molar-refractivity contribution >= 4 is 27.6 Å². The normalized spacial score (nSPS) is 13.4. The minimum atomic E-state index is -3.81. The number of nitrogens with two attached hydrogens (primary N) is 1. The zero-order valence-electron chi connectivity index (χ0n) is 13.2. The Labute approximate surface area is 145 Å². The Morgan fingerprint density at radius 1 is 1.12 bits per heavy atom. The summed E-state index contributed by atoms with van der Waals surface area (Å²) in [5.74, 6) is -1.59. The highest BCUT2D eigenvalue weighted by Gasteiger charge is 2.31. The summed E-state index contributed by atoms with van der Waals surface area (Å²) >= 11 is 0. The predicted octanol–water partition coefficient (Wildman–Crippen LogP) is 1.08. The highest BCUT2D eigenvalue weighted by Crippen LogP contribution is 2.32. The molecule has 0 aromatic heterocycles. The van der Waals surface area contributed by atoms with Gasteiger partial charge < -0.3 is 10.5 Å². The molecule has 0 spiro atoms. The molecule has 1 amide bonds. The van der Waals surface area contributed by atoms with Crippen LogP contribution in [0.15, 0.2) is 53.4 Å². The summed E-state index contributed by atoms with van der Waals surface area (Å²) in [4.78, 5) is 22.6. The maximum atomic E-state index is 12.9. The van der Waals surface area contributed by atoms with E-state index in [0.29, 0.717) is 18.7 Å². The molecule has 0 saturated heterocycles. The van der Waals surface area contributed by atoms with Crippen LogP contribution < -0.4 is 10.0 Å². The molecule has 7 nitrogen and oxygen atoms in total. The molecule has 8 heteroatoms. The van der Waals surface area contributed by atoms with E-state index in [1.54, 1.807) is 12.1 Å². The molecule has 0 saturated carbocycles. The van der Waals surface area contributed by atoms with Crippen molar-refractivity contribution in [3.8, 4) is 0 Å². The number of anilines is 1. The summed E-state index contributed by atoms with van der Waals surface area (Å²) in [6, 6.07) is 12.8. The van der Waals surface area contributed by atoms with Crippen LogP contribution in [0.25, 0.3) is 0 Å². The number of benzene rings is 2. The van der Waals surface area contributed by atoms with E-state index in [9.17, 15) is 18.0 Å². The lowest BCUT2D eigenvalue weighted by Gasteiger charge is -2.19. The Morgan fingerprint density at radius 2 is 1.88 bits per heavy atom. The summed E-state index contributed by atoms with van der Waals surface area (Å²) in [6.07, 6.45) is 0.635. The van der Waals surface area contributed by atoms with Gasteiger partial charge in [-0.2, -0.15) is 0 Å². The molecule has 25 heavy (non-hydrogen) atoms. The summed E-state index contributed by atoms with van der Waals surface area (Å²) < 4.78 is 31.9. The fourth-order valence-corrected chi connectivity index (χ4v) is 4.24. The lowest BCUT2D eigenvalue weighted by atomic mass is 10.2. The molecular weight excluding hydrogens is 344 g/mol. The number of primary amides is 1. The summed E-state index contributed by atoms with van der Waals surface area (Å²) in [5.41, 5.74) is 6.57. The van der Waals surface area contributed by atoms with Crippen LogP contribution in [0.4, 0.5) is 5.69 Å². The standard InChI is InChI=1S/C17H16N2O5S/c18-16(20)11-24-17(21)13-5-3-6-14(10-13)25(22,23)19-9-8-12-4-1-2-7-15(12)19/h1-7,10H,8-9,11H2,(H2,18,20). The monoisotopic (exact) mass is 360 g/mol. The first-order chi connectivity index (χ1) is 11.9. The van der Waals surface area contributed by atoms with Crippen LogP contribution in [0, 0.1) is 0 Å². The van der Waals surface area contributed by atoms with E-state index in [2.05, 4.69) is 0 Å². The van der Waals surface area contributed by atoms with Gasteiger partial charge in [-0.05, 0) is 36.2 Å². The van der Waals surface area contributed by atoms with Crippen LogP contribution >= 0.6 is 0 Å². The number of fused-ring (bicyclic) bond motifs is 1. The Bertz CT molecular complexity index is 940. The van der Waals surface area contributed by atoms with Crippen LogP contribution in [0.5, 0.6) is 0 Å². The van der Waals surface area contributed by atoms with Crippen LogP contribution in [0.2, 0.25) is 0 Å². The first kappa shape index (κ1) is 17.0. The number of rotatable bonds is 5. The lowest BCUT2D eigenvalue weighted by molar-refractivity contribution is -0.121. The molecule has 130 valence electrons. The molecule has 1 aliphatic rings. The lowest BCUT2D eigenvalue weighted by Crippen LogP contribution is -2.29. The van der Waals surface area contributed by atoms with Gasteiger partial charge in [0.1, 0.15) is 0 Å². The predicted molar refractivity (Wildman–Crippen MR) is 90.6 cm³/mol. The summed E-state index contributed by atoms with van der Waals surface area (Å²) in [7, 11) is -3.81. The molecule has 0 radical (unpaired) electrons. The smallest absolute Gasteiger partial charge is 0.338 e. The van der Waals surface area contributed by atoms with Gasteiger partial charge in [-0.15, -0.1) is 0 Å². The zero-order valence-corrected chi connectivity index (χ0v) is 14.0. The zero-order chi connectivity index (χ0) is 18.0. The first-order valence-corrected chi connectivity index (χ1v) is 9.00. The number of nitrogens with zero attached hydrogens (tertiary/aromatic N) is 1. The number of carbonyl (C=O) groups is 2. The van der Waals surface area contributed by atoms with Crippen molar-refractivity contribution in [2.24, 2.45) is 5.73 Å². The van der Waals surface area contributed by atoms with E-state index in [0.717, 1.165) is 5.56 Å². The van der Waals surface area contributed by atoms with Crippen molar-refractivity contribution in [2.45, 2.75) is 11.3 Å². The van der Waals surface area contributed by atoms with E-state index < -0.39 is 28.5 Å². The molecule has 0 fully saturated rings. The highest BCUT2D eigenvalue weighted by atomic mass is 32.2. The van der Waals surface area contributed by atoms with Crippen molar-refractivity contribution in [3.05, 3.63) is 59.7 Å². The first-order valence-electron chi connectivity index (χ1n) is 7.56. The van der Waals surface area contributed by atoms with Crippen molar-refractivity contribution in [3.63, 3.8) is 0 Å². The quantitative estimate of drug-likeness (QED) is 0.803. The minimum absolute atomic E-state index is 0.0160. The Hall–Kier alpha value is -2.87. The third kappa shape index (κ3) is 3.34. The van der Waals surface area contributed by atoms with Crippen molar-refractivity contribution in [2.75, 3.05) is 17.5 Å². The van der Waals surface area contributed by atoms with Gasteiger partial charge in [0.15, 0.2) is 6.61 Å². The number of hydrogen-bond donors (Lipinski definition) is 1. The molecular formula is C17H16N2O5S. The average Bonchev–Trinajstić information content (AvgIpc) is 3.04. The average molecular weight is 360 g/mol. The Balaban J connectivity index is 1.90. The molecule has 0 aliphatic carbocycles. The molecule has 3 rings (SSSR count). The minimum Gasteiger partial charge on any atom is -0.452 e. The van der Waals surface area contributed by atoms with Crippen LogP contribution in [-0.2, 0) is 26.0 Å². The maximum absolute atomic E-state index is 12.9. The molecule has 0 atom stereocenters. The molecule has 2 aromatic carbocycles. The van der Waals surface area contributed by atoms with Gasteiger partial charge in [0.2, 0.25) is 0 Å². The van der Waals surface area contributed by atoms with Gasteiger partial charge in [-0.1, -0.05) is 24.3 Å². The SMILES string of the molecule is NC(=O)COC(=O)c1cccc(S(=O)(=O)N2CCc3ccccc32)c1. The van der Waals surface area contributed by atoms with Gasteiger partial charge in [0.25, 0.3) is 15.9 Å². The molecule has 1 aliphatic heterocycles. The largest absolute Gasteiger partial charge is 0.452 e. The van der Waals surface area contributed by atoms with Crippen molar-refractivity contribution in [1.29, 1.82) is 0 Å². The second-order valence-corrected chi connectivity index (χ2v) is 7.39. The number of amides is 1. The van der Waals surface area contributed by atoms with Crippen LogP contribution in [0.3, 0.4) is 0 Å². The van der Waals surface area contributed by atoms with E-state index in [-0.39, 0.29) is 10.5 Å². The molecule has 0 unspecified atom stereocenters. The van der Waals surface area contributed by atoms with E-state index >= 15 is 0 Å². The number of para-hydroxylation sites is 1. The Kier molecular flexibility index (Phi) is 4.45. The second-order valence-electron chi connectivity index (χ2n) is 5.53. The number of carbonyl (C=O) groups excluding carboxylic acids is 2. The van der Waals surface area contributed by atoms with E-state index in [1.165, 1.54) is 28.6 Å². The molecule has 0 bridgehead atoms. The molecule has 2 aromatic rings. The van der Waals surface area contributed by atoms with Gasteiger partial charge in [-0.25, -0.2) is 13.2 Å². The maximum Gasteiger partial charge on any atom is 0.338 e. The van der Waals surface area contributed by atoms with Gasteiger partial charge in [0.05, 0.1) is 16.1 Å². The van der Waals surface area contributed by atoms with Crippen molar-refractivity contribution < 1.29 is 22.7 Å². The topological polar surface area (TPSA) is 107 Å². The summed E-state index contributed by atoms with van der Waals surface area (Å²) in [6.45, 7) is -0.215. The third-order valence-electron chi connectivity index (χ3n) is 3.85. The third-order valence-corrected chi connectivity index (χ3v) is 5.66. The van der Waals surface area contributed by atoms with Gasteiger partial charge in [0, 0.05) is 6.54 Å². The van der Waals surface area contributed by atoms with E-state index in [4.69, 9.17) is 10.5 Å². The number of sulfonamides is 1.